The molecule has 0 radical (unpaired) electrons. The van der Waals surface area contributed by atoms with Crippen molar-refractivity contribution in [1.29, 1.82) is 0 Å². The number of aliphatic hydroxyl groups excluding tert-OH is 1. The van der Waals surface area contributed by atoms with Gasteiger partial charge in [0.25, 0.3) is 0 Å². The maximum atomic E-state index is 8.80. The van der Waals surface area contributed by atoms with Crippen LogP contribution >= 0.6 is 0 Å². The summed E-state index contributed by atoms with van der Waals surface area (Å²) < 4.78 is 9.25. The van der Waals surface area contributed by atoms with E-state index in [0.29, 0.717) is 13.2 Å². The van der Waals surface area contributed by atoms with Crippen LogP contribution in [0.1, 0.15) is 48.0 Å². The number of rotatable bonds is 4. The van der Waals surface area contributed by atoms with Crippen LogP contribution in [0, 0.1) is 0 Å². The number of aliphatic hydroxyl groups is 1. The van der Waals surface area contributed by atoms with E-state index < -0.39 is 6.10 Å². The summed E-state index contributed by atoms with van der Waals surface area (Å²) in [6, 6.07) is 33.4. The maximum absolute atomic E-state index is 8.80. The molecule has 0 atom stereocenters. The fourth-order valence-corrected chi connectivity index (χ4v) is 2.70. The van der Waals surface area contributed by atoms with Crippen molar-refractivity contribution in [2.24, 2.45) is 0 Å². The lowest BCUT2D eigenvalue weighted by Crippen LogP contribution is -2.19. The van der Waals surface area contributed by atoms with Gasteiger partial charge in [-0.1, -0.05) is 145 Å². The van der Waals surface area contributed by atoms with Gasteiger partial charge in [0.15, 0.2) is 0 Å². The molecule has 4 aromatic carbocycles. The highest BCUT2D eigenvalue weighted by Gasteiger charge is 1.99. The smallest absolute Gasteiger partial charge is 0.101 e. The van der Waals surface area contributed by atoms with Gasteiger partial charge in [0.05, 0.1) is 13.2 Å². The van der Waals surface area contributed by atoms with Crippen LogP contribution in [0.2, 0.25) is 0 Å². The second-order valence-corrected chi connectivity index (χ2v) is 6.97. The van der Waals surface area contributed by atoms with Crippen LogP contribution in [-0.2, 0) is 9.47 Å². The Morgan fingerprint density at radius 1 is 0.514 bits per heavy atom. The molecule has 3 heteroatoms. The first-order chi connectivity index (χ1) is 17.2. The molecule has 0 aliphatic carbocycles. The molecular weight excluding hydrogens is 432 g/mol. The molecule has 3 nitrogen and oxygen atoms in total. The minimum atomic E-state index is -0.481. The van der Waals surface area contributed by atoms with Crippen molar-refractivity contribution in [3.63, 3.8) is 0 Å². The van der Waals surface area contributed by atoms with Gasteiger partial charge < -0.3 is 14.6 Å². The number of hydrogen-bond acceptors (Lipinski definition) is 3. The molecule has 0 saturated heterocycles. The van der Waals surface area contributed by atoms with E-state index in [0.717, 1.165) is 0 Å². The van der Waals surface area contributed by atoms with E-state index in [-0.39, 0.29) is 0 Å². The first-order valence-corrected chi connectivity index (χ1v) is 12.7. The van der Waals surface area contributed by atoms with E-state index >= 15 is 0 Å². The fraction of sp³-hybridized carbons (Fsp3) is 0.375. The van der Waals surface area contributed by atoms with Gasteiger partial charge in [-0.3, -0.25) is 0 Å². The fourth-order valence-electron chi connectivity index (χ4n) is 2.70. The Kier molecular flexibility index (Phi) is 25.5. The number of hydrogen-bond donors (Lipinski definition) is 1. The molecule has 4 aromatic rings. The van der Waals surface area contributed by atoms with Crippen LogP contribution < -0.4 is 0 Å². The van der Waals surface area contributed by atoms with Crippen molar-refractivity contribution in [1.82, 2.24) is 0 Å². The number of ether oxygens (including phenoxy) is 2. The third-order valence-electron chi connectivity index (χ3n) is 4.04. The summed E-state index contributed by atoms with van der Waals surface area (Å²) in [4.78, 5) is 0. The summed E-state index contributed by atoms with van der Waals surface area (Å²) in [6.45, 7) is 12.9. The molecule has 0 heterocycles. The van der Waals surface area contributed by atoms with E-state index in [9.17, 15) is 0 Å². The van der Waals surface area contributed by atoms with E-state index in [2.05, 4.69) is 120 Å². The molecule has 1 N–H and O–H groups in total. The minimum absolute atomic E-state index is 0.341. The average Bonchev–Trinajstić information content (AvgIpc) is 2.93. The predicted molar refractivity (Wildman–Crippen MR) is 156 cm³/mol. The summed E-state index contributed by atoms with van der Waals surface area (Å²) in [5.74, 6) is 0. The highest BCUT2D eigenvalue weighted by Crippen LogP contribution is 2.12. The summed E-state index contributed by atoms with van der Waals surface area (Å²) >= 11 is 0. The molecule has 0 aliphatic rings. The van der Waals surface area contributed by atoms with Gasteiger partial charge in [-0.25, -0.2) is 0 Å². The van der Waals surface area contributed by atoms with Crippen molar-refractivity contribution in [3.05, 3.63) is 97.1 Å². The SMILES string of the molecule is CC.CC.CCC.COCC(O)COC.c1ccc2ccccc2c1.c1ccc2ccccc2c1. The largest absolute Gasteiger partial charge is 0.388 e. The maximum Gasteiger partial charge on any atom is 0.101 e. The van der Waals surface area contributed by atoms with Gasteiger partial charge in [-0.15, -0.1) is 0 Å². The summed E-state index contributed by atoms with van der Waals surface area (Å²) in [7, 11) is 3.08. The molecule has 0 aliphatic heterocycles. The third-order valence-corrected chi connectivity index (χ3v) is 4.04. The molecule has 0 fully saturated rings. The summed E-state index contributed by atoms with van der Waals surface area (Å²) in [5.41, 5.74) is 0. The highest BCUT2D eigenvalue weighted by molar-refractivity contribution is 5.82. The zero-order valence-corrected chi connectivity index (χ0v) is 23.2. The van der Waals surface area contributed by atoms with Gasteiger partial charge in [0, 0.05) is 14.2 Å². The van der Waals surface area contributed by atoms with E-state index in [1.165, 1.54) is 28.0 Å². The lowest BCUT2D eigenvalue weighted by Gasteiger charge is -2.05. The molecule has 35 heavy (non-hydrogen) atoms. The van der Waals surface area contributed by atoms with E-state index in [1.807, 2.05) is 27.7 Å². The van der Waals surface area contributed by atoms with Crippen molar-refractivity contribution in [3.8, 4) is 0 Å². The average molecular weight is 481 g/mol. The van der Waals surface area contributed by atoms with Crippen molar-refractivity contribution in [2.75, 3.05) is 27.4 Å². The van der Waals surface area contributed by atoms with E-state index in [4.69, 9.17) is 5.11 Å². The van der Waals surface area contributed by atoms with Crippen LogP contribution in [0.4, 0.5) is 0 Å². The van der Waals surface area contributed by atoms with Crippen LogP contribution in [-0.4, -0.2) is 38.6 Å². The molecule has 194 valence electrons. The van der Waals surface area contributed by atoms with Crippen LogP contribution in [0.5, 0.6) is 0 Å². The predicted octanol–water partition coefficient (Wildman–Crippen LogP) is 8.79. The first-order valence-electron chi connectivity index (χ1n) is 12.7. The Morgan fingerprint density at radius 3 is 0.829 bits per heavy atom. The Balaban J connectivity index is 0. The Morgan fingerprint density at radius 2 is 0.686 bits per heavy atom. The lowest BCUT2D eigenvalue weighted by molar-refractivity contribution is 0.00980. The second-order valence-electron chi connectivity index (χ2n) is 6.97. The van der Waals surface area contributed by atoms with Crippen molar-refractivity contribution >= 4 is 21.5 Å². The molecular formula is C32H48O3. The first kappa shape index (κ1) is 34.4. The van der Waals surface area contributed by atoms with Crippen molar-refractivity contribution < 1.29 is 14.6 Å². The summed E-state index contributed by atoms with van der Waals surface area (Å²) in [5, 5.41) is 14.0. The molecule has 4 rings (SSSR count). The Hall–Kier alpha value is -2.72. The number of methoxy groups -OCH3 is 2. The topological polar surface area (TPSA) is 38.7 Å². The van der Waals surface area contributed by atoms with Gasteiger partial charge >= 0.3 is 0 Å². The highest BCUT2D eigenvalue weighted by atomic mass is 16.5. The second kappa shape index (κ2) is 25.9. The lowest BCUT2D eigenvalue weighted by atomic mass is 10.1. The molecule has 0 saturated carbocycles. The zero-order chi connectivity index (χ0) is 26.7. The van der Waals surface area contributed by atoms with E-state index in [1.54, 1.807) is 14.2 Å². The normalized spacial score (nSPS) is 8.97. The number of fused-ring (bicyclic) bond motifs is 2. The standard InChI is InChI=1S/2C10H8.C5H12O3.C3H8.2C2H6/c2*1-2-6-10-8-4-3-7-9(10)5-1;1-7-3-5(6)4-8-2;1-3-2;2*1-2/h2*1-8H;5-6H,3-4H2,1-2H3;3H2,1-2H3;2*1-2H3. The Labute approximate surface area is 214 Å². The van der Waals surface area contributed by atoms with Gasteiger partial charge in [-0.05, 0) is 21.5 Å². The molecule has 0 unspecified atom stereocenters. The minimum Gasteiger partial charge on any atom is -0.388 e. The third kappa shape index (κ3) is 17.4. The van der Waals surface area contributed by atoms with Gasteiger partial charge in [-0.2, -0.15) is 0 Å². The van der Waals surface area contributed by atoms with Crippen molar-refractivity contribution in [2.45, 2.75) is 54.1 Å². The Bertz CT molecular complexity index is 745. The molecule has 0 bridgehead atoms. The van der Waals surface area contributed by atoms with Crippen LogP contribution in [0.3, 0.4) is 0 Å². The van der Waals surface area contributed by atoms with Crippen LogP contribution in [0.25, 0.3) is 21.5 Å². The number of benzene rings is 4. The zero-order valence-electron chi connectivity index (χ0n) is 23.2. The van der Waals surface area contributed by atoms with Gasteiger partial charge in [0.2, 0.25) is 0 Å². The van der Waals surface area contributed by atoms with Gasteiger partial charge in [0.1, 0.15) is 6.10 Å². The van der Waals surface area contributed by atoms with Crippen LogP contribution in [0.15, 0.2) is 97.1 Å². The quantitative estimate of drug-likeness (QED) is 0.317. The monoisotopic (exact) mass is 480 g/mol. The summed E-state index contributed by atoms with van der Waals surface area (Å²) in [6.07, 6.45) is 0.769. The molecule has 0 aromatic heterocycles. The molecule has 0 spiro atoms. The molecule has 0 amide bonds.